The van der Waals surface area contributed by atoms with E-state index in [1.54, 1.807) is 16.2 Å². The Hall–Kier alpha value is -1.98. The molecule has 1 aromatic carbocycles. The van der Waals surface area contributed by atoms with Gasteiger partial charge < -0.3 is 9.88 Å². The molecule has 21 heavy (non-hydrogen) atoms. The van der Waals surface area contributed by atoms with E-state index in [1.165, 1.54) is 22.3 Å². The van der Waals surface area contributed by atoms with Gasteiger partial charge in [-0.2, -0.15) is 0 Å². The minimum Gasteiger partial charge on any atom is -0.326 e. The molecule has 1 atom stereocenters. The summed E-state index contributed by atoms with van der Waals surface area (Å²) in [5, 5.41) is 0.816. The summed E-state index contributed by atoms with van der Waals surface area (Å²) in [6, 6.07) is 10.6. The molecule has 1 aliphatic heterocycles. The van der Waals surface area contributed by atoms with E-state index in [0.29, 0.717) is 0 Å². The van der Waals surface area contributed by atoms with Crippen LogP contribution in [0.5, 0.6) is 0 Å². The Morgan fingerprint density at radius 1 is 1.29 bits per heavy atom. The van der Waals surface area contributed by atoms with Gasteiger partial charge in [-0.05, 0) is 5.56 Å². The molecule has 0 aliphatic carbocycles. The lowest BCUT2D eigenvalue weighted by Gasteiger charge is -2.23. The van der Waals surface area contributed by atoms with E-state index >= 15 is 0 Å². The second kappa shape index (κ2) is 5.09. The number of nitrogens with zero attached hydrogens (tertiary/aromatic N) is 1. The molecule has 2 N–H and O–H groups in total. The minimum absolute atomic E-state index is 0.00371. The number of fused-ring (bicyclic) bond motifs is 3. The van der Waals surface area contributed by atoms with Crippen LogP contribution < -0.4 is 10.5 Å². The number of rotatable bonds is 2. The van der Waals surface area contributed by atoms with Crippen LogP contribution in [0.3, 0.4) is 0 Å². The number of hydrogen-bond donors (Lipinski definition) is 2. The van der Waals surface area contributed by atoms with Gasteiger partial charge in [0.15, 0.2) is 0 Å². The second-order valence-corrected chi connectivity index (χ2v) is 6.59. The van der Waals surface area contributed by atoms with E-state index in [1.807, 2.05) is 0 Å². The molecular formula is C16H16N3OS+. The smallest absolute Gasteiger partial charge is 0.259 e. The molecule has 106 valence electrons. The number of aromatic amines is 1. The van der Waals surface area contributed by atoms with E-state index in [0.717, 1.165) is 36.3 Å². The van der Waals surface area contributed by atoms with Crippen LogP contribution in [0.4, 0.5) is 0 Å². The van der Waals surface area contributed by atoms with Gasteiger partial charge in [0.05, 0.1) is 23.1 Å². The number of benzene rings is 1. The summed E-state index contributed by atoms with van der Waals surface area (Å²) < 4.78 is 0. The largest absolute Gasteiger partial charge is 0.326 e. The minimum atomic E-state index is 0.00371. The molecule has 5 heteroatoms. The maximum atomic E-state index is 12.0. The van der Waals surface area contributed by atoms with Gasteiger partial charge in [0.2, 0.25) is 0 Å². The lowest BCUT2D eigenvalue weighted by Crippen LogP contribution is -3.10. The number of thiophene rings is 1. The Kier molecular flexibility index (Phi) is 3.09. The Balaban J connectivity index is 1.65. The molecular weight excluding hydrogens is 282 g/mol. The van der Waals surface area contributed by atoms with Gasteiger partial charge in [0, 0.05) is 12.0 Å². The van der Waals surface area contributed by atoms with Crippen molar-refractivity contribution in [3.05, 3.63) is 63.0 Å². The zero-order chi connectivity index (χ0) is 14.2. The number of nitrogens with one attached hydrogen (secondary N) is 2. The summed E-state index contributed by atoms with van der Waals surface area (Å²) in [7, 11) is 0. The summed E-state index contributed by atoms with van der Waals surface area (Å²) in [5.74, 6) is 0. The fraction of sp³-hybridized carbons (Fsp3) is 0.250. The van der Waals surface area contributed by atoms with Gasteiger partial charge >= 0.3 is 0 Å². The molecule has 3 heterocycles. The predicted molar refractivity (Wildman–Crippen MR) is 83.6 cm³/mol. The van der Waals surface area contributed by atoms with Crippen molar-refractivity contribution in [3.8, 4) is 0 Å². The zero-order valence-corrected chi connectivity index (χ0v) is 12.4. The normalized spacial score (nSPS) is 17.8. The Labute approximate surface area is 126 Å². The molecule has 2 aromatic heterocycles. The first kappa shape index (κ1) is 12.7. The zero-order valence-electron chi connectivity index (χ0n) is 11.6. The highest BCUT2D eigenvalue weighted by Gasteiger charge is 2.25. The third-order valence-corrected chi connectivity index (χ3v) is 5.25. The van der Waals surface area contributed by atoms with Crippen molar-refractivity contribution in [2.45, 2.75) is 19.5 Å². The highest BCUT2D eigenvalue weighted by Crippen LogP contribution is 2.28. The van der Waals surface area contributed by atoms with E-state index in [9.17, 15) is 4.79 Å². The second-order valence-electron chi connectivity index (χ2n) is 5.50. The van der Waals surface area contributed by atoms with Crippen LogP contribution in [-0.2, 0) is 19.5 Å². The summed E-state index contributed by atoms with van der Waals surface area (Å²) in [6.07, 6.45) is 2.47. The Morgan fingerprint density at radius 2 is 2.14 bits per heavy atom. The number of H-pyrrole nitrogens is 1. The highest BCUT2D eigenvalue weighted by atomic mass is 32.1. The number of quaternary nitrogens is 1. The average molecular weight is 298 g/mol. The van der Waals surface area contributed by atoms with Crippen molar-refractivity contribution < 1.29 is 4.90 Å². The molecule has 0 saturated carbocycles. The van der Waals surface area contributed by atoms with E-state index in [4.69, 9.17) is 0 Å². The van der Waals surface area contributed by atoms with Gasteiger partial charge in [-0.25, -0.2) is 4.98 Å². The summed E-state index contributed by atoms with van der Waals surface area (Å²) >= 11 is 1.68. The topological polar surface area (TPSA) is 50.2 Å². The fourth-order valence-electron chi connectivity index (χ4n) is 3.10. The highest BCUT2D eigenvalue weighted by molar-refractivity contribution is 7.18. The average Bonchev–Trinajstić information content (AvgIpc) is 2.87. The standard InChI is InChI=1S/C16H15N3OS/c20-15-14-12-6-7-19(8-11-4-2-1-3-5-11)9-13(12)21-16(14)18-10-17-15/h1-5,10H,6-9H2,(H,17,18,20)/p+1. The lowest BCUT2D eigenvalue weighted by molar-refractivity contribution is -0.929. The molecule has 4 rings (SSSR count). The lowest BCUT2D eigenvalue weighted by atomic mass is 10.0. The predicted octanol–water partition coefficient (Wildman–Crippen LogP) is 1.13. The van der Waals surface area contributed by atoms with Crippen molar-refractivity contribution in [1.82, 2.24) is 9.97 Å². The first-order valence-electron chi connectivity index (χ1n) is 7.16. The van der Waals surface area contributed by atoms with Crippen molar-refractivity contribution in [1.29, 1.82) is 0 Å². The summed E-state index contributed by atoms with van der Waals surface area (Å²) in [6.45, 7) is 3.10. The quantitative estimate of drug-likeness (QED) is 0.745. The van der Waals surface area contributed by atoms with Crippen LogP contribution in [0.1, 0.15) is 16.0 Å². The first-order chi connectivity index (χ1) is 10.3. The van der Waals surface area contributed by atoms with Crippen molar-refractivity contribution >= 4 is 21.6 Å². The van der Waals surface area contributed by atoms with Crippen LogP contribution in [0.2, 0.25) is 0 Å². The Bertz CT molecular complexity index is 838. The molecule has 0 spiro atoms. The third kappa shape index (κ3) is 2.28. The SMILES string of the molecule is O=c1[nH]cnc2sc3c(c12)CC[NH+](Cc1ccccc1)C3. The molecule has 1 aliphatic rings. The van der Waals surface area contributed by atoms with Gasteiger partial charge in [-0.1, -0.05) is 30.3 Å². The maximum absolute atomic E-state index is 12.0. The van der Waals surface area contributed by atoms with Crippen LogP contribution in [-0.4, -0.2) is 16.5 Å². The van der Waals surface area contributed by atoms with Crippen LogP contribution in [0, 0.1) is 0 Å². The van der Waals surface area contributed by atoms with Gasteiger partial charge in [-0.3, -0.25) is 4.79 Å². The monoisotopic (exact) mass is 298 g/mol. The van der Waals surface area contributed by atoms with Gasteiger partial charge in [0.25, 0.3) is 5.56 Å². The summed E-state index contributed by atoms with van der Waals surface area (Å²) in [4.78, 5) is 22.8. The molecule has 0 fully saturated rings. The van der Waals surface area contributed by atoms with Crippen molar-refractivity contribution in [2.75, 3.05) is 6.54 Å². The molecule has 3 aromatic rings. The maximum Gasteiger partial charge on any atom is 0.259 e. The van der Waals surface area contributed by atoms with Gasteiger partial charge in [0.1, 0.15) is 17.9 Å². The third-order valence-electron chi connectivity index (χ3n) is 4.11. The number of hydrogen-bond acceptors (Lipinski definition) is 3. The van der Waals surface area contributed by atoms with Crippen LogP contribution in [0.15, 0.2) is 41.5 Å². The van der Waals surface area contributed by atoms with E-state index < -0.39 is 0 Å². The molecule has 4 nitrogen and oxygen atoms in total. The molecule has 0 amide bonds. The molecule has 0 bridgehead atoms. The first-order valence-corrected chi connectivity index (χ1v) is 7.98. The van der Waals surface area contributed by atoms with Crippen molar-refractivity contribution in [2.24, 2.45) is 0 Å². The van der Waals surface area contributed by atoms with Crippen LogP contribution in [0.25, 0.3) is 10.2 Å². The molecule has 0 radical (unpaired) electrons. The molecule has 0 saturated heterocycles. The molecule has 1 unspecified atom stereocenters. The Morgan fingerprint density at radius 3 is 3.00 bits per heavy atom. The van der Waals surface area contributed by atoms with Crippen molar-refractivity contribution in [3.63, 3.8) is 0 Å². The van der Waals surface area contributed by atoms with E-state index in [2.05, 4.69) is 40.3 Å². The fourth-order valence-corrected chi connectivity index (χ4v) is 4.36. The van der Waals surface area contributed by atoms with Gasteiger partial charge in [-0.15, -0.1) is 11.3 Å². The summed E-state index contributed by atoms with van der Waals surface area (Å²) in [5.41, 5.74) is 2.60. The number of aromatic nitrogens is 2. The van der Waals surface area contributed by atoms with E-state index in [-0.39, 0.29) is 5.56 Å². The van der Waals surface area contributed by atoms with Crippen LogP contribution >= 0.6 is 11.3 Å².